The maximum absolute atomic E-state index is 11.7. The van der Waals surface area contributed by atoms with Crippen molar-refractivity contribution in [3.63, 3.8) is 0 Å². The number of aliphatic hydroxyl groups excluding tert-OH is 1. The number of anilines is 1. The number of carbonyl (C=O) groups is 1. The predicted octanol–water partition coefficient (Wildman–Crippen LogP) is 1.23. The summed E-state index contributed by atoms with van der Waals surface area (Å²) >= 11 is 0. The molecule has 0 amide bonds. The molecule has 2 rings (SSSR count). The fourth-order valence-corrected chi connectivity index (χ4v) is 2.00. The van der Waals surface area contributed by atoms with Gasteiger partial charge in [-0.25, -0.2) is 0 Å². The Hall–Kier alpha value is -1.86. The molecule has 1 aliphatic rings. The lowest BCUT2D eigenvalue weighted by atomic mass is 9.95. The number of piperidine rings is 1. The molecule has 4 heteroatoms. The fraction of sp³-hybridized carbons (Fsp3) is 0.385. The van der Waals surface area contributed by atoms with E-state index in [-0.39, 0.29) is 0 Å². The molecule has 1 aromatic rings. The maximum Gasteiger partial charge on any atom is 0.199 e. The van der Waals surface area contributed by atoms with Crippen LogP contribution in [0, 0.1) is 24.2 Å². The highest BCUT2D eigenvalue weighted by atomic mass is 16.3. The highest BCUT2D eigenvalue weighted by Gasteiger charge is 2.35. The third kappa shape index (κ3) is 2.15. The molecule has 0 aliphatic carbocycles. The van der Waals surface area contributed by atoms with Crippen molar-refractivity contribution in [2.75, 3.05) is 11.4 Å². The van der Waals surface area contributed by atoms with Crippen LogP contribution in [0.5, 0.6) is 0 Å². The molecule has 0 saturated carbocycles. The Balaban J connectivity index is 2.21. The van der Waals surface area contributed by atoms with Crippen LogP contribution in [0.3, 0.4) is 0 Å². The molecule has 88 valence electrons. The minimum absolute atomic E-state index is 0.403. The van der Waals surface area contributed by atoms with Gasteiger partial charge in [0.2, 0.25) is 0 Å². The highest BCUT2D eigenvalue weighted by molar-refractivity contribution is 5.90. The Bertz CT molecular complexity index is 461. The Morgan fingerprint density at radius 3 is 2.65 bits per heavy atom. The lowest BCUT2D eigenvalue weighted by molar-refractivity contribution is -0.131. The van der Waals surface area contributed by atoms with Crippen LogP contribution >= 0.6 is 0 Å². The van der Waals surface area contributed by atoms with Gasteiger partial charge in [-0.3, -0.25) is 4.79 Å². The van der Waals surface area contributed by atoms with Crippen molar-refractivity contribution in [1.29, 1.82) is 5.26 Å². The molecule has 0 bridgehead atoms. The molecule has 1 N–H and O–H groups in total. The Kier molecular flexibility index (Phi) is 3.12. The molecule has 0 spiro atoms. The summed E-state index contributed by atoms with van der Waals surface area (Å²) in [7, 11) is 0. The van der Waals surface area contributed by atoms with Crippen molar-refractivity contribution in [3.05, 3.63) is 29.8 Å². The average Bonchev–Trinajstić information content (AvgIpc) is 2.34. The monoisotopic (exact) mass is 230 g/mol. The van der Waals surface area contributed by atoms with Crippen LogP contribution in [-0.2, 0) is 4.79 Å². The van der Waals surface area contributed by atoms with Gasteiger partial charge >= 0.3 is 0 Å². The number of nitriles is 1. The van der Waals surface area contributed by atoms with E-state index in [9.17, 15) is 9.90 Å². The van der Waals surface area contributed by atoms with Gasteiger partial charge in [0, 0.05) is 12.2 Å². The molecule has 1 aliphatic heterocycles. The average molecular weight is 230 g/mol. The second-order valence-corrected chi connectivity index (χ2v) is 4.28. The van der Waals surface area contributed by atoms with Gasteiger partial charge in [0.25, 0.3) is 0 Å². The van der Waals surface area contributed by atoms with Crippen LogP contribution < -0.4 is 4.90 Å². The smallest absolute Gasteiger partial charge is 0.199 e. The fourth-order valence-electron chi connectivity index (χ4n) is 2.00. The molecule has 1 saturated heterocycles. The van der Waals surface area contributed by atoms with E-state index in [4.69, 9.17) is 5.26 Å². The number of ketones is 1. The van der Waals surface area contributed by atoms with Crippen molar-refractivity contribution in [1.82, 2.24) is 0 Å². The van der Waals surface area contributed by atoms with E-state index in [1.807, 2.05) is 37.3 Å². The minimum Gasteiger partial charge on any atom is -0.367 e. The van der Waals surface area contributed by atoms with E-state index >= 15 is 0 Å². The molecule has 2 atom stereocenters. The van der Waals surface area contributed by atoms with Gasteiger partial charge in [0.15, 0.2) is 12.0 Å². The summed E-state index contributed by atoms with van der Waals surface area (Å²) < 4.78 is 0. The summed E-state index contributed by atoms with van der Waals surface area (Å²) in [6.45, 7) is 2.50. The molecule has 4 nitrogen and oxygen atoms in total. The Morgan fingerprint density at radius 2 is 2.06 bits per heavy atom. The lowest BCUT2D eigenvalue weighted by Crippen LogP contribution is -2.49. The molecule has 17 heavy (non-hydrogen) atoms. The number of hydrogen-bond acceptors (Lipinski definition) is 4. The topological polar surface area (TPSA) is 64.3 Å². The highest BCUT2D eigenvalue weighted by Crippen LogP contribution is 2.24. The third-order valence-corrected chi connectivity index (χ3v) is 3.07. The van der Waals surface area contributed by atoms with E-state index in [1.54, 1.807) is 4.90 Å². The van der Waals surface area contributed by atoms with Gasteiger partial charge in [-0.1, -0.05) is 17.7 Å². The first-order valence-corrected chi connectivity index (χ1v) is 5.58. The van der Waals surface area contributed by atoms with Gasteiger partial charge in [-0.05, 0) is 25.5 Å². The summed E-state index contributed by atoms with van der Waals surface area (Å²) in [5.74, 6) is -1.08. The number of benzene rings is 1. The van der Waals surface area contributed by atoms with Crippen molar-refractivity contribution >= 4 is 11.5 Å². The molecule has 2 unspecified atom stereocenters. The van der Waals surface area contributed by atoms with Crippen LogP contribution in [0.2, 0.25) is 0 Å². The van der Waals surface area contributed by atoms with Crippen molar-refractivity contribution in [3.8, 4) is 6.07 Å². The van der Waals surface area contributed by atoms with Crippen LogP contribution in [-0.4, -0.2) is 23.7 Å². The standard InChI is InChI=1S/C13H14N2O2/c1-9-2-4-11(5-3-9)15-7-6-10(8-14)12(16)13(15)17/h2-5,10,13,17H,6-7H2,1H3. The van der Waals surface area contributed by atoms with E-state index in [0.717, 1.165) is 11.3 Å². The number of aryl methyl sites for hydroxylation is 1. The summed E-state index contributed by atoms with van der Waals surface area (Å²) in [6.07, 6.45) is -0.726. The summed E-state index contributed by atoms with van der Waals surface area (Å²) in [6, 6.07) is 9.54. The van der Waals surface area contributed by atoms with Crippen LogP contribution in [0.15, 0.2) is 24.3 Å². The van der Waals surface area contributed by atoms with Crippen molar-refractivity contribution < 1.29 is 9.90 Å². The molecule has 0 radical (unpaired) electrons. The zero-order chi connectivity index (χ0) is 12.4. The van der Waals surface area contributed by atoms with Gasteiger partial charge in [0.1, 0.15) is 5.92 Å². The SMILES string of the molecule is Cc1ccc(N2CCC(C#N)C(=O)C2O)cc1. The first-order chi connectivity index (χ1) is 8.13. The minimum atomic E-state index is -1.20. The summed E-state index contributed by atoms with van der Waals surface area (Å²) in [5, 5.41) is 18.7. The number of aliphatic hydroxyl groups is 1. The molecule has 1 heterocycles. The molecule has 1 aromatic carbocycles. The Labute approximate surface area is 100 Å². The van der Waals surface area contributed by atoms with Gasteiger partial charge in [0.05, 0.1) is 6.07 Å². The number of nitrogens with zero attached hydrogens (tertiary/aromatic N) is 2. The number of hydrogen-bond donors (Lipinski definition) is 1. The van der Waals surface area contributed by atoms with E-state index in [2.05, 4.69) is 0 Å². The summed E-state index contributed by atoms with van der Waals surface area (Å²) in [5.41, 5.74) is 1.94. The largest absolute Gasteiger partial charge is 0.367 e. The van der Waals surface area contributed by atoms with Gasteiger partial charge < -0.3 is 10.0 Å². The second kappa shape index (κ2) is 4.56. The molecular formula is C13H14N2O2. The number of rotatable bonds is 1. The van der Waals surface area contributed by atoms with Crippen molar-refractivity contribution in [2.24, 2.45) is 5.92 Å². The van der Waals surface area contributed by atoms with E-state index in [1.165, 1.54) is 0 Å². The van der Waals surface area contributed by atoms with Gasteiger partial charge in [-0.15, -0.1) is 0 Å². The third-order valence-electron chi connectivity index (χ3n) is 3.07. The number of Topliss-reactive ketones (excluding diaryl/α,β-unsaturated/α-hetero) is 1. The zero-order valence-electron chi connectivity index (χ0n) is 9.63. The van der Waals surface area contributed by atoms with Crippen LogP contribution in [0.1, 0.15) is 12.0 Å². The molecular weight excluding hydrogens is 216 g/mol. The quantitative estimate of drug-likeness (QED) is 0.788. The first-order valence-electron chi connectivity index (χ1n) is 5.58. The summed E-state index contributed by atoms with van der Waals surface area (Å²) in [4.78, 5) is 13.3. The maximum atomic E-state index is 11.7. The lowest BCUT2D eigenvalue weighted by Gasteiger charge is -2.34. The normalized spacial score (nSPS) is 24.5. The first kappa shape index (κ1) is 11.6. The molecule has 1 fully saturated rings. The number of carbonyl (C=O) groups excluding carboxylic acids is 1. The van der Waals surface area contributed by atoms with Crippen LogP contribution in [0.25, 0.3) is 0 Å². The Morgan fingerprint density at radius 1 is 1.41 bits per heavy atom. The predicted molar refractivity (Wildman–Crippen MR) is 63.3 cm³/mol. The van der Waals surface area contributed by atoms with E-state index < -0.39 is 17.9 Å². The zero-order valence-corrected chi connectivity index (χ0v) is 9.63. The second-order valence-electron chi connectivity index (χ2n) is 4.28. The van der Waals surface area contributed by atoms with Gasteiger partial charge in [-0.2, -0.15) is 5.26 Å². The van der Waals surface area contributed by atoms with Crippen LogP contribution in [0.4, 0.5) is 5.69 Å². The van der Waals surface area contributed by atoms with Crippen molar-refractivity contribution in [2.45, 2.75) is 19.6 Å². The van der Waals surface area contributed by atoms with E-state index in [0.29, 0.717) is 13.0 Å². The molecule has 0 aromatic heterocycles.